The second kappa shape index (κ2) is 3.78. The Labute approximate surface area is 69.4 Å². The highest BCUT2D eigenvalue weighted by atomic mass is 32.1. The quantitative estimate of drug-likeness (QED) is 0.758. The molecule has 0 spiro atoms. The average Bonchev–Trinajstić information content (AvgIpc) is 2.53. The normalized spacial score (nSPS) is 16.3. The van der Waals surface area contributed by atoms with Gasteiger partial charge >= 0.3 is 0 Å². The SMILES string of the molecule is CC(CN)C(F)c1ccns1. The summed E-state index contributed by atoms with van der Waals surface area (Å²) in [6.45, 7) is 2.17. The van der Waals surface area contributed by atoms with Gasteiger partial charge in [0.1, 0.15) is 6.17 Å². The molecule has 0 saturated heterocycles. The summed E-state index contributed by atoms with van der Waals surface area (Å²) in [5, 5.41) is 0. The molecule has 11 heavy (non-hydrogen) atoms. The zero-order valence-electron chi connectivity index (χ0n) is 6.33. The topological polar surface area (TPSA) is 38.9 Å². The van der Waals surface area contributed by atoms with Crippen molar-refractivity contribution in [3.63, 3.8) is 0 Å². The molecule has 1 rings (SSSR count). The van der Waals surface area contributed by atoms with E-state index in [2.05, 4.69) is 4.37 Å². The molecule has 0 aliphatic heterocycles. The van der Waals surface area contributed by atoms with Crippen LogP contribution in [0.15, 0.2) is 12.3 Å². The molecule has 2 N–H and O–H groups in total. The van der Waals surface area contributed by atoms with E-state index in [0.717, 1.165) is 0 Å². The van der Waals surface area contributed by atoms with Crippen LogP contribution < -0.4 is 5.73 Å². The van der Waals surface area contributed by atoms with E-state index in [1.54, 1.807) is 19.2 Å². The second-order valence-corrected chi connectivity index (χ2v) is 3.39. The third-order valence-corrected chi connectivity index (χ3v) is 2.40. The van der Waals surface area contributed by atoms with Gasteiger partial charge in [-0.1, -0.05) is 6.92 Å². The third-order valence-electron chi connectivity index (χ3n) is 1.60. The van der Waals surface area contributed by atoms with E-state index in [-0.39, 0.29) is 5.92 Å². The number of hydrogen-bond acceptors (Lipinski definition) is 3. The number of rotatable bonds is 3. The molecule has 0 aliphatic carbocycles. The fourth-order valence-corrected chi connectivity index (χ4v) is 1.47. The standard InChI is InChI=1S/C7H11FN2S/c1-5(4-9)7(8)6-2-3-10-11-6/h2-3,5,7H,4,9H2,1H3. The zero-order valence-corrected chi connectivity index (χ0v) is 7.14. The van der Waals surface area contributed by atoms with Gasteiger partial charge < -0.3 is 5.73 Å². The summed E-state index contributed by atoms with van der Waals surface area (Å²) >= 11 is 1.19. The van der Waals surface area contributed by atoms with Gasteiger partial charge in [-0.2, -0.15) is 0 Å². The van der Waals surface area contributed by atoms with Crippen LogP contribution in [0.4, 0.5) is 4.39 Å². The molecule has 0 saturated carbocycles. The van der Waals surface area contributed by atoms with Crippen LogP contribution in [0.25, 0.3) is 0 Å². The molecule has 4 heteroatoms. The maximum Gasteiger partial charge on any atom is 0.139 e. The Kier molecular flexibility index (Phi) is 2.96. The summed E-state index contributed by atoms with van der Waals surface area (Å²) in [5.74, 6) is -0.115. The highest BCUT2D eigenvalue weighted by molar-refractivity contribution is 7.05. The minimum Gasteiger partial charge on any atom is -0.330 e. The lowest BCUT2D eigenvalue weighted by Gasteiger charge is -2.11. The highest BCUT2D eigenvalue weighted by Gasteiger charge is 2.17. The first-order valence-electron chi connectivity index (χ1n) is 3.50. The van der Waals surface area contributed by atoms with Crippen molar-refractivity contribution in [3.05, 3.63) is 17.1 Å². The van der Waals surface area contributed by atoms with Crippen molar-refractivity contribution in [2.45, 2.75) is 13.1 Å². The first kappa shape index (κ1) is 8.62. The fraction of sp³-hybridized carbons (Fsp3) is 0.571. The molecular formula is C7H11FN2S. The Morgan fingerprint density at radius 1 is 1.82 bits per heavy atom. The van der Waals surface area contributed by atoms with Crippen molar-refractivity contribution in [2.24, 2.45) is 11.7 Å². The molecule has 2 atom stereocenters. The third kappa shape index (κ3) is 1.97. The summed E-state index contributed by atoms with van der Waals surface area (Å²) in [4.78, 5) is 0.669. The molecule has 2 nitrogen and oxygen atoms in total. The molecule has 0 aliphatic rings. The number of hydrogen-bond donors (Lipinski definition) is 1. The first-order valence-corrected chi connectivity index (χ1v) is 4.27. The van der Waals surface area contributed by atoms with E-state index in [4.69, 9.17) is 5.73 Å². The van der Waals surface area contributed by atoms with Crippen LogP contribution in [0, 0.1) is 5.92 Å². The van der Waals surface area contributed by atoms with Crippen LogP contribution in [-0.2, 0) is 0 Å². The molecule has 0 amide bonds. The Balaban J connectivity index is 2.62. The predicted molar refractivity (Wildman–Crippen MR) is 44.2 cm³/mol. The Morgan fingerprint density at radius 2 is 2.55 bits per heavy atom. The predicted octanol–water partition coefficient (Wildman–Crippen LogP) is 1.75. The molecule has 0 aromatic carbocycles. The van der Waals surface area contributed by atoms with Crippen molar-refractivity contribution < 1.29 is 4.39 Å². The molecule has 1 aromatic heterocycles. The highest BCUT2D eigenvalue weighted by Crippen LogP contribution is 2.27. The minimum atomic E-state index is -0.951. The van der Waals surface area contributed by atoms with E-state index >= 15 is 0 Å². The Bertz CT molecular complexity index is 200. The fourth-order valence-electron chi connectivity index (χ4n) is 0.768. The van der Waals surface area contributed by atoms with Crippen LogP contribution in [0.5, 0.6) is 0 Å². The van der Waals surface area contributed by atoms with Crippen LogP contribution in [0.3, 0.4) is 0 Å². The molecule has 62 valence electrons. The van der Waals surface area contributed by atoms with Gasteiger partial charge in [-0.15, -0.1) is 0 Å². The number of halogens is 1. The van der Waals surface area contributed by atoms with Crippen molar-refractivity contribution in [2.75, 3.05) is 6.54 Å². The van der Waals surface area contributed by atoms with Gasteiger partial charge in [0.2, 0.25) is 0 Å². The van der Waals surface area contributed by atoms with E-state index in [1.165, 1.54) is 11.5 Å². The van der Waals surface area contributed by atoms with Crippen molar-refractivity contribution in [1.29, 1.82) is 0 Å². The van der Waals surface area contributed by atoms with E-state index in [1.807, 2.05) is 0 Å². The average molecular weight is 174 g/mol. The smallest absolute Gasteiger partial charge is 0.139 e. The molecular weight excluding hydrogens is 163 g/mol. The summed E-state index contributed by atoms with van der Waals surface area (Å²) in [7, 11) is 0. The maximum atomic E-state index is 13.3. The number of nitrogens with zero attached hydrogens (tertiary/aromatic N) is 1. The van der Waals surface area contributed by atoms with Crippen molar-refractivity contribution in [1.82, 2.24) is 4.37 Å². The van der Waals surface area contributed by atoms with Crippen molar-refractivity contribution in [3.8, 4) is 0 Å². The summed E-state index contributed by atoms with van der Waals surface area (Å²) in [5.41, 5.74) is 5.32. The lowest BCUT2D eigenvalue weighted by atomic mass is 10.1. The molecule has 0 bridgehead atoms. The Hall–Kier alpha value is -0.480. The molecule has 0 radical (unpaired) electrons. The van der Waals surface area contributed by atoms with Crippen LogP contribution in [0.2, 0.25) is 0 Å². The van der Waals surface area contributed by atoms with Crippen LogP contribution in [-0.4, -0.2) is 10.9 Å². The molecule has 1 heterocycles. The van der Waals surface area contributed by atoms with Crippen LogP contribution in [0.1, 0.15) is 18.0 Å². The molecule has 1 aromatic rings. The number of aromatic nitrogens is 1. The molecule has 2 unspecified atom stereocenters. The van der Waals surface area contributed by atoms with Crippen LogP contribution >= 0.6 is 11.5 Å². The first-order chi connectivity index (χ1) is 5.25. The van der Waals surface area contributed by atoms with Crippen molar-refractivity contribution >= 4 is 11.5 Å². The lowest BCUT2D eigenvalue weighted by Crippen LogP contribution is -2.15. The largest absolute Gasteiger partial charge is 0.330 e. The van der Waals surface area contributed by atoms with E-state index in [0.29, 0.717) is 11.4 Å². The summed E-state index contributed by atoms with van der Waals surface area (Å²) < 4.78 is 17.1. The van der Waals surface area contributed by atoms with Gasteiger partial charge in [-0.05, 0) is 24.1 Å². The number of alkyl halides is 1. The van der Waals surface area contributed by atoms with Gasteiger partial charge in [0.05, 0.1) is 4.88 Å². The van der Waals surface area contributed by atoms with Gasteiger partial charge in [0.15, 0.2) is 0 Å². The second-order valence-electron chi connectivity index (χ2n) is 2.53. The van der Waals surface area contributed by atoms with Gasteiger partial charge in [0, 0.05) is 12.1 Å². The zero-order chi connectivity index (χ0) is 8.27. The van der Waals surface area contributed by atoms with E-state index in [9.17, 15) is 4.39 Å². The summed E-state index contributed by atoms with van der Waals surface area (Å²) in [6.07, 6.45) is 0.656. The monoisotopic (exact) mass is 174 g/mol. The Morgan fingerprint density at radius 3 is 3.00 bits per heavy atom. The lowest BCUT2D eigenvalue weighted by molar-refractivity contribution is 0.256. The van der Waals surface area contributed by atoms with Gasteiger partial charge in [-0.25, -0.2) is 8.76 Å². The maximum absolute atomic E-state index is 13.3. The van der Waals surface area contributed by atoms with Gasteiger partial charge in [-0.3, -0.25) is 0 Å². The van der Waals surface area contributed by atoms with Gasteiger partial charge in [0.25, 0.3) is 0 Å². The number of nitrogens with two attached hydrogens (primary N) is 1. The summed E-state index contributed by atoms with van der Waals surface area (Å²) in [6, 6.07) is 1.70. The van der Waals surface area contributed by atoms with E-state index < -0.39 is 6.17 Å². The minimum absolute atomic E-state index is 0.115. The molecule has 0 fully saturated rings.